The summed E-state index contributed by atoms with van der Waals surface area (Å²) < 4.78 is 0.953. The molecule has 1 heterocycles. The molecular formula is C11H13BrN2O. The van der Waals surface area contributed by atoms with E-state index in [1.165, 1.54) is 0 Å². The third kappa shape index (κ3) is 2.21. The average Bonchev–Trinajstić information content (AvgIpc) is 2.70. The van der Waals surface area contributed by atoms with Crippen molar-refractivity contribution in [2.24, 2.45) is 5.73 Å². The minimum atomic E-state index is -0.417. The number of aromatic amines is 1. The van der Waals surface area contributed by atoms with Crippen LogP contribution in [0, 0.1) is 0 Å². The molecule has 0 atom stereocenters. The van der Waals surface area contributed by atoms with Gasteiger partial charge in [-0.25, -0.2) is 0 Å². The zero-order valence-corrected chi connectivity index (χ0v) is 10.3. The quantitative estimate of drug-likeness (QED) is 0.821. The molecule has 0 bridgehead atoms. The Balaban J connectivity index is 0.000000531. The molecule has 3 nitrogen and oxygen atoms in total. The van der Waals surface area contributed by atoms with Gasteiger partial charge >= 0.3 is 0 Å². The van der Waals surface area contributed by atoms with Crippen LogP contribution in [0.25, 0.3) is 10.9 Å². The van der Waals surface area contributed by atoms with Crippen LogP contribution in [0.4, 0.5) is 0 Å². The molecule has 0 aliphatic rings. The van der Waals surface area contributed by atoms with Crippen LogP contribution in [0.3, 0.4) is 0 Å². The number of nitrogens with one attached hydrogen (secondary N) is 1. The first kappa shape index (κ1) is 11.8. The monoisotopic (exact) mass is 268 g/mol. The van der Waals surface area contributed by atoms with Crippen LogP contribution in [0.15, 0.2) is 28.9 Å². The third-order valence-corrected chi connectivity index (χ3v) is 2.63. The normalized spacial score (nSPS) is 9.53. The van der Waals surface area contributed by atoms with Gasteiger partial charge in [0.25, 0.3) is 5.91 Å². The van der Waals surface area contributed by atoms with Crippen LogP contribution in [0.1, 0.15) is 24.2 Å². The summed E-state index contributed by atoms with van der Waals surface area (Å²) in [4.78, 5) is 14.0. The third-order valence-electron chi connectivity index (χ3n) is 1.94. The number of aromatic nitrogens is 1. The Bertz CT molecular complexity index is 476. The van der Waals surface area contributed by atoms with Crippen molar-refractivity contribution in [3.05, 3.63) is 34.4 Å². The summed E-state index contributed by atoms with van der Waals surface area (Å²) in [6, 6.07) is 5.41. The summed E-state index contributed by atoms with van der Waals surface area (Å²) in [7, 11) is 0. The van der Waals surface area contributed by atoms with Crippen molar-refractivity contribution in [2.45, 2.75) is 13.8 Å². The minimum Gasteiger partial charge on any atom is -0.366 e. The van der Waals surface area contributed by atoms with E-state index in [-0.39, 0.29) is 0 Å². The van der Waals surface area contributed by atoms with Gasteiger partial charge in [0.05, 0.1) is 11.1 Å². The van der Waals surface area contributed by atoms with Gasteiger partial charge in [0.2, 0.25) is 0 Å². The lowest BCUT2D eigenvalue weighted by Gasteiger charge is -1.99. The molecule has 0 fully saturated rings. The lowest BCUT2D eigenvalue weighted by atomic mass is 10.1. The number of benzene rings is 1. The molecule has 2 rings (SSSR count). The van der Waals surface area contributed by atoms with Crippen LogP contribution < -0.4 is 5.73 Å². The molecule has 0 saturated carbocycles. The number of amides is 1. The predicted octanol–water partition coefficient (Wildman–Crippen LogP) is 3.06. The lowest BCUT2D eigenvalue weighted by molar-refractivity contribution is 0.100. The Morgan fingerprint density at radius 1 is 1.33 bits per heavy atom. The highest BCUT2D eigenvalue weighted by Crippen LogP contribution is 2.25. The summed E-state index contributed by atoms with van der Waals surface area (Å²) in [5.74, 6) is -0.417. The standard InChI is InChI=1S/C9H7BrN2O.C2H6/c10-7-2-1-6(9(11)13)8-5(7)3-4-12-8;1-2/h1-4,12H,(H2,11,13);1-2H3. The number of rotatable bonds is 1. The molecular weight excluding hydrogens is 256 g/mol. The number of hydrogen-bond donors (Lipinski definition) is 2. The van der Waals surface area contributed by atoms with Gasteiger partial charge in [0, 0.05) is 16.1 Å². The molecule has 80 valence electrons. The van der Waals surface area contributed by atoms with Crippen LogP contribution in [0.5, 0.6) is 0 Å². The van der Waals surface area contributed by atoms with Crippen molar-refractivity contribution in [1.82, 2.24) is 4.98 Å². The lowest BCUT2D eigenvalue weighted by Crippen LogP contribution is -2.11. The van der Waals surface area contributed by atoms with Crippen molar-refractivity contribution in [2.75, 3.05) is 0 Å². The average molecular weight is 269 g/mol. The molecule has 0 radical (unpaired) electrons. The topological polar surface area (TPSA) is 58.9 Å². The molecule has 0 saturated heterocycles. The zero-order chi connectivity index (χ0) is 11.4. The molecule has 0 aliphatic carbocycles. The van der Waals surface area contributed by atoms with Crippen molar-refractivity contribution in [3.63, 3.8) is 0 Å². The number of carbonyl (C=O) groups is 1. The Morgan fingerprint density at radius 2 is 2.00 bits per heavy atom. The summed E-state index contributed by atoms with van der Waals surface area (Å²) >= 11 is 3.39. The van der Waals surface area contributed by atoms with E-state index in [0.717, 1.165) is 15.4 Å². The van der Waals surface area contributed by atoms with E-state index in [4.69, 9.17) is 5.73 Å². The van der Waals surface area contributed by atoms with E-state index in [0.29, 0.717) is 5.56 Å². The highest BCUT2D eigenvalue weighted by Gasteiger charge is 2.08. The Hall–Kier alpha value is -1.29. The fourth-order valence-corrected chi connectivity index (χ4v) is 1.79. The summed E-state index contributed by atoms with van der Waals surface area (Å²) in [6.45, 7) is 4.00. The minimum absolute atomic E-state index is 0.417. The summed E-state index contributed by atoms with van der Waals surface area (Å²) in [6.07, 6.45) is 1.78. The highest BCUT2D eigenvalue weighted by atomic mass is 79.9. The van der Waals surface area contributed by atoms with Crippen LogP contribution >= 0.6 is 15.9 Å². The largest absolute Gasteiger partial charge is 0.366 e. The van der Waals surface area contributed by atoms with Crippen LogP contribution in [-0.2, 0) is 0 Å². The number of H-pyrrole nitrogens is 1. The van der Waals surface area contributed by atoms with E-state index in [2.05, 4.69) is 20.9 Å². The summed E-state index contributed by atoms with van der Waals surface area (Å²) in [5.41, 5.74) is 6.51. The maximum Gasteiger partial charge on any atom is 0.250 e. The van der Waals surface area contributed by atoms with E-state index < -0.39 is 5.91 Å². The molecule has 4 heteroatoms. The predicted molar refractivity (Wildman–Crippen MR) is 65.9 cm³/mol. The number of halogens is 1. The number of fused-ring (bicyclic) bond motifs is 1. The maximum atomic E-state index is 11.0. The number of carbonyl (C=O) groups excluding carboxylic acids is 1. The van der Waals surface area contributed by atoms with Gasteiger partial charge in [-0.1, -0.05) is 29.8 Å². The van der Waals surface area contributed by atoms with Crippen LogP contribution in [-0.4, -0.2) is 10.9 Å². The van der Waals surface area contributed by atoms with Gasteiger partial charge in [-0.3, -0.25) is 4.79 Å². The SMILES string of the molecule is CC.NC(=O)c1ccc(Br)c2cc[nH]c12. The molecule has 2 aromatic rings. The van der Waals surface area contributed by atoms with Gasteiger partial charge in [-0.2, -0.15) is 0 Å². The second kappa shape index (κ2) is 4.98. The first-order valence-corrected chi connectivity index (χ1v) is 5.55. The number of hydrogen-bond acceptors (Lipinski definition) is 1. The highest BCUT2D eigenvalue weighted by molar-refractivity contribution is 9.10. The Kier molecular flexibility index (Phi) is 3.91. The molecule has 1 aromatic heterocycles. The fraction of sp³-hybridized carbons (Fsp3) is 0.182. The van der Waals surface area contributed by atoms with Gasteiger partial charge in [-0.05, 0) is 18.2 Å². The maximum absolute atomic E-state index is 11.0. The molecule has 0 spiro atoms. The second-order valence-electron chi connectivity index (χ2n) is 2.73. The number of primary amides is 1. The van der Waals surface area contributed by atoms with Gasteiger partial charge in [-0.15, -0.1) is 0 Å². The first-order valence-electron chi connectivity index (χ1n) is 4.75. The van der Waals surface area contributed by atoms with E-state index in [1.54, 1.807) is 12.3 Å². The molecule has 3 N–H and O–H groups in total. The van der Waals surface area contributed by atoms with Gasteiger partial charge in [0.1, 0.15) is 0 Å². The zero-order valence-electron chi connectivity index (χ0n) is 8.67. The van der Waals surface area contributed by atoms with Crippen molar-refractivity contribution in [1.29, 1.82) is 0 Å². The van der Waals surface area contributed by atoms with E-state index in [1.807, 2.05) is 26.0 Å². The second-order valence-corrected chi connectivity index (χ2v) is 3.58. The first-order chi connectivity index (χ1) is 7.20. The van der Waals surface area contributed by atoms with Crippen LogP contribution in [0.2, 0.25) is 0 Å². The van der Waals surface area contributed by atoms with Crippen molar-refractivity contribution < 1.29 is 4.79 Å². The molecule has 0 aliphatic heterocycles. The van der Waals surface area contributed by atoms with E-state index >= 15 is 0 Å². The fourth-order valence-electron chi connectivity index (χ4n) is 1.33. The van der Waals surface area contributed by atoms with Crippen molar-refractivity contribution >= 4 is 32.7 Å². The molecule has 1 amide bonds. The summed E-state index contributed by atoms with van der Waals surface area (Å²) in [5, 5.41) is 0.969. The molecule has 1 aromatic carbocycles. The van der Waals surface area contributed by atoms with Gasteiger partial charge in [0.15, 0.2) is 0 Å². The van der Waals surface area contributed by atoms with E-state index in [9.17, 15) is 4.79 Å². The van der Waals surface area contributed by atoms with Gasteiger partial charge < -0.3 is 10.7 Å². The Morgan fingerprint density at radius 3 is 2.60 bits per heavy atom. The molecule has 0 unspecified atom stereocenters. The number of nitrogens with two attached hydrogens (primary N) is 1. The molecule has 15 heavy (non-hydrogen) atoms. The van der Waals surface area contributed by atoms with Crippen molar-refractivity contribution in [3.8, 4) is 0 Å². The Labute approximate surface area is 96.8 Å². The smallest absolute Gasteiger partial charge is 0.250 e.